The fraction of sp³-hybridized carbons (Fsp3) is 0.700. The number of guanidine groups is 1. The number of rotatable bonds is 9. The third-order valence-corrected chi connectivity index (χ3v) is 5.03. The maximum Gasteiger partial charge on any atom is 0.213 e. The van der Waals surface area contributed by atoms with E-state index in [9.17, 15) is 0 Å². The van der Waals surface area contributed by atoms with E-state index in [1.165, 1.54) is 25.7 Å². The molecule has 1 heterocycles. The third kappa shape index (κ3) is 6.16. The van der Waals surface area contributed by atoms with Crippen molar-refractivity contribution in [2.24, 2.45) is 10.9 Å². The maximum absolute atomic E-state index is 5.99. The van der Waals surface area contributed by atoms with E-state index >= 15 is 0 Å². The number of likely N-dealkylation sites (N-methyl/N-ethyl adjacent to an activating group) is 1. The highest BCUT2D eigenvalue weighted by Gasteiger charge is 2.21. The van der Waals surface area contributed by atoms with Crippen molar-refractivity contribution in [3.8, 4) is 5.88 Å². The minimum atomic E-state index is 0.334. The average Bonchev–Trinajstić information content (AvgIpc) is 3.34. The van der Waals surface area contributed by atoms with Gasteiger partial charge in [-0.1, -0.05) is 0 Å². The van der Waals surface area contributed by atoms with Gasteiger partial charge in [-0.25, -0.2) is 4.98 Å². The Balaban J connectivity index is 1.41. The summed E-state index contributed by atoms with van der Waals surface area (Å²) in [5, 5.41) is 3.41. The second kappa shape index (κ2) is 9.76. The number of nitrogens with zero attached hydrogens (tertiary/aromatic N) is 3. The molecule has 3 rings (SSSR count). The summed E-state index contributed by atoms with van der Waals surface area (Å²) in [7, 11) is 3.85. The van der Waals surface area contributed by atoms with Gasteiger partial charge in [0, 0.05) is 46.1 Å². The van der Waals surface area contributed by atoms with Crippen LogP contribution in [0.4, 0.5) is 0 Å². The Bertz CT molecular complexity index is 583. The summed E-state index contributed by atoms with van der Waals surface area (Å²) in [4.78, 5) is 10.8. The second-order valence-corrected chi connectivity index (χ2v) is 7.37. The Kier molecular flexibility index (Phi) is 7.12. The lowest BCUT2D eigenvalue weighted by Gasteiger charge is -2.22. The molecule has 2 aliphatic carbocycles. The zero-order valence-corrected chi connectivity index (χ0v) is 16.1. The van der Waals surface area contributed by atoms with Crippen LogP contribution in [0.15, 0.2) is 23.3 Å². The minimum Gasteiger partial charge on any atom is -0.474 e. The first kappa shape index (κ1) is 19.0. The van der Waals surface area contributed by atoms with Gasteiger partial charge in [0.1, 0.15) is 6.10 Å². The van der Waals surface area contributed by atoms with Gasteiger partial charge in [0.05, 0.1) is 6.61 Å². The Morgan fingerprint density at radius 1 is 1.31 bits per heavy atom. The van der Waals surface area contributed by atoms with Crippen LogP contribution in [0.1, 0.15) is 44.1 Å². The normalized spacial score (nSPS) is 18.2. The Morgan fingerprint density at radius 3 is 2.85 bits per heavy atom. The van der Waals surface area contributed by atoms with Crippen LogP contribution >= 0.6 is 0 Å². The van der Waals surface area contributed by atoms with Crippen LogP contribution in [0.2, 0.25) is 0 Å². The molecule has 26 heavy (non-hydrogen) atoms. The van der Waals surface area contributed by atoms with Crippen molar-refractivity contribution in [3.63, 3.8) is 0 Å². The van der Waals surface area contributed by atoms with Gasteiger partial charge < -0.3 is 19.7 Å². The number of nitrogens with one attached hydrogen (secondary N) is 1. The molecule has 0 amide bonds. The van der Waals surface area contributed by atoms with E-state index in [0.717, 1.165) is 55.9 Å². The average molecular weight is 361 g/mol. The predicted molar refractivity (Wildman–Crippen MR) is 103 cm³/mol. The molecular weight excluding hydrogens is 328 g/mol. The molecule has 0 bridgehead atoms. The molecule has 2 saturated carbocycles. The summed E-state index contributed by atoms with van der Waals surface area (Å²) in [6, 6.07) is 4.04. The van der Waals surface area contributed by atoms with Gasteiger partial charge in [0.25, 0.3) is 0 Å². The largest absolute Gasteiger partial charge is 0.474 e. The molecule has 144 valence electrons. The van der Waals surface area contributed by atoms with Gasteiger partial charge in [-0.15, -0.1) is 0 Å². The first-order valence-electron chi connectivity index (χ1n) is 9.85. The number of ether oxygens (including phenoxy) is 2. The maximum atomic E-state index is 5.99. The van der Waals surface area contributed by atoms with Crippen LogP contribution in [0.25, 0.3) is 0 Å². The Hall–Kier alpha value is -1.82. The summed E-state index contributed by atoms with van der Waals surface area (Å²) in [6.45, 7) is 3.17. The molecule has 6 nitrogen and oxygen atoms in total. The van der Waals surface area contributed by atoms with E-state index < -0.39 is 0 Å². The monoisotopic (exact) mass is 360 g/mol. The van der Waals surface area contributed by atoms with Crippen LogP contribution in [0.3, 0.4) is 0 Å². The van der Waals surface area contributed by atoms with Crippen molar-refractivity contribution in [3.05, 3.63) is 23.9 Å². The molecule has 2 fully saturated rings. The van der Waals surface area contributed by atoms with Crippen molar-refractivity contribution in [2.45, 2.75) is 51.2 Å². The van der Waals surface area contributed by atoms with Gasteiger partial charge in [-0.05, 0) is 56.1 Å². The molecule has 0 radical (unpaired) electrons. The van der Waals surface area contributed by atoms with E-state index in [2.05, 4.69) is 20.2 Å². The zero-order chi connectivity index (χ0) is 18.2. The van der Waals surface area contributed by atoms with Crippen molar-refractivity contribution >= 4 is 5.96 Å². The molecule has 0 saturated heterocycles. The van der Waals surface area contributed by atoms with Crippen LogP contribution < -0.4 is 10.1 Å². The summed E-state index contributed by atoms with van der Waals surface area (Å²) in [6.07, 6.45) is 9.63. The Morgan fingerprint density at radius 2 is 2.12 bits per heavy atom. The third-order valence-electron chi connectivity index (χ3n) is 5.03. The van der Waals surface area contributed by atoms with E-state index in [0.29, 0.717) is 12.6 Å². The zero-order valence-electron chi connectivity index (χ0n) is 16.1. The van der Waals surface area contributed by atoms with E-state index in [-0.39, 0.29) is 0 Å². The highest BCUT2D eigenvalue weighted by Crippen LogP contribution is 2.28. The lowest BCUT2D eigenvalue weighted by atomic mass is 10.2. The van der Waals surface area contributed by atoms with Gasteiger partial charge in [-0.3, -0.25) is 4.99 Å². The molecule has 1 aromatic heterocycles. The first-order chi connectivity index (χ1) is 12.7. The van der Waals surface area contributed by atoms with Gasteiger partial charge in [-0.2, -0.15) is 0 Å². The lowest BCUT2D eigenvalue weighted by Crippen LogP contribution is -2.40. The Labute approximate surface area is 157 Å². The highest BCUT2D eigenvalue weighted by atomic mass is 16.5. The summed E-state index contributed by atoms with van der Waals surface area (Å²) in [5.41, 5.74) is 1.15. The lowest BCUT2D eigenvalue weighted by molar-refractivity contribution is 0.115. The number of pyridine rings is 1. The number of aliphatic imine (C=N–C) groups is 1. The van der Waals surface area contributed by atoms with Crippen LogP contribution in [-0.2, 0) is 11.3 Å². The van der Waals surface area contributed by atoms with E-state index in [4.69, 9.17) is 9.47 Å². The molecule has 0 unspecified atom stereocenters. The van der Waals surface area contributed by atoms with Crippen LogP contribution in [-0.4, -0.2) is 55.8 Å². The van der Waals surface area contributed by atoms with Crippen LogP contribution in [0.5, 0.6) is 5.88 Å². The second-order valence-electron chi connectivity index (χ2n) is 7.37. The fourth-order valence-electron chi connectivity index (χ4n) is 3.21. The van der Waals surface area contributed by atoms with Crippen LogP contribution in [0, 0.1) is 5.92 Å². The van der Waals surface area contributed by atoms with Crippen molar-refractivity contribution in [1.29, 1.82) is 0 Å². The highest BCUT2D eigenvalue weighted by molar-refractivity contribution is 5.79. The first-order valence-corrected chi connectivity index (χ1v) is 9.85. The SMILES string of the molecule is CN=C(NCc1ccnc(OC2CCCC2)c1)N(C)CCOCC1CC1. The topological polar surface area (TPSA) is 59.0 Å². The molecule has 1 N–H and O–H groups in total. The smallest absolute Gasteiger partial charge is 0.213 e. The number of hydrogen-bond acceptors (Lipinski definition) is 4. The van der Waals surface area contributed by atoms with Gasteiger partial charge >= 0.3 is 0 Å². The van der Waals surface area contributed by atoms with Gasteiger partial charge in [0.2, 0.25) is 5.88 Å². The van der Waals surface area contributed by atoms with E-state index in [1.807, 2.05) is 32.4 Å². The molecule has 6 heteroatoms. The molecule has 1 aromatic rings. The van der Waals surface area contributed by atoms with Gasteiger partial charge in [0.15, 0.2) is 5.96 Å². The van der Waals surface area contributed by atoms with Crippen molar-refractivity contribution < 1.29 is 9.47 Å². The van der Waals surface area contributed by atoms with Crippen molar-refractivity contribution in [2.75, 3.05) is 33.9 Å². The number of aromatic nitrogens is 1. The minimum absolute atomic E-state index is 0.334. The standard InChI is InChI=1S/C20H32N4O2/c1-21-20(24(2)11-12-25-15-16-7-8-16)23-14-17-9-10-22-19(13-17)26-18-5-3-4-6-18/h9-10,13,16,18H,3-8,11-12,14-15H2,1-2H3,(H,21,23). The summed E-state index contributed by atoms with van der Waals surface area (Å²) in [5.74, 6) is 2.41. The molecular formula is C20H32N4O2. The molecule has 0 atom stereocenters. The summed E-state index contributed by atoms with van der Waals surface area (Å²) >= 11 is 0. The molecule has 0 aliphatic heterocycles. The molecule has 0 aromatic carbocycles. The quantitative estimate of drug-likeness (QED) is 0.417. The number of hydrogen-bond donors (Lipinski definition) is 1. The fourth-order valence-corrected chi connectivity index (χ4v) is 3.21. The van der Waals surface area contributed by atoms with Crippen molar-refractivity contribution in [1.82, 2.24) is 15.2 Å². The van der Waals surface area contributed by atoms with E-state index in [1.54, 1.807) is 0 Å². The summed E-state index contributed by atoms with van der Waals surface area (Å²) < 4.78 is 11.7. The molecule has 2 aliphatic rings. The predicted octanol–water partition coefficient (Wildman–Crippen LogP) is 2.84. The molecule has 0 spiro atoms.